The third-order valence-corrected chi connectivity index (χ3v) is 4.22. The summed E-state index contributed by atoms with van der Waals surface area (Å²) < 4.78 is 5.64. The van der Waals surface area contributed by atoms with Gasteiger partial charge in [0.2, 0.25) is 0 Å². The van der Waals surface area contributed by atoms with E-state index in [-0.39, 0.29) is 0 Å². The van der Waals surface area contributed by atoms with Gasteiger partial charge in [-0.1, -0.05) is 30.3 Å². The van der Waals surface area contributed by atoms with Gasteiger partial charge < -0.3 is 9.73 Å². The van der Waals surface area contributed by atoms with E-state index in [1.165, 1.54) is 31.5 Å². The van der Waals surface area contributed by atoms with Crippen molar-refractivity contribution in [1.29, 1.82) is 0 Å². The van der Waals surface area contributed by atoms with Crippen molar-refractivity contribution in [2.45, 2.75) is 25.3 Å². The number of hydrogen-bond donors (Lipinski definition) is 1. The van der Waals surface area contributed by atoms with Gasteiger partial charge in [0.15, 0.2) is 0 Å². The molecule has 21 heavy (non-hydrogen) atoms. The second-order valence-corrected chi connectivity index (χ2v) is 5.71. The van der Waals surface area contributed by atoms with Gasteiger partial charge >= 0.3 is 0 Å². The van der Waals surface area contributed by atoms with E-state index in [4.69, 9.17) is 4.42 Å². The lowest BCUT2D eigenvalue weighted by molar-refractivity contribution is 0.210. The van der Waals surface area contributed by atoms with Crippen LogP contribution in [0.25, 0.3) is 0 Å². The molecule has 0 spiro atoms. The van der Waals surface area contributed by atoms with Crippen LogP contribution < -0.4 is 5.32 Å². The molecule has 0 saturated carbocycles. The number of likely N-dealkylation sites (tertiary alicyclic amines) is 1. The molecule has 1 unspecified atom stereocenters. The van der Waals surface area contributed by atoms with Gasteiger partial charge in [-0.3, -0.25) is 4.90 Å². The van der Waals surface area contributed by atoms with Gasteiger partial charge in [0.05, 0.1) is 12.3 Å². The Morgan fingerprint density at radius 2 is 1.86 bits per heavy atom. The fourth-order valence-corrected chi connectivity index (χ4v) is 3.06. The van der Waals surface area contributed by atoms with Gasteiger partial charge in [-0.15, -0.1) is 0 Å². The van der Waals surface area contributed by atoms with Crippen molar-refractivity contribution in [3.05, 3.63) is 60.1 Å². The summed E-state index contributed by atoms with van der Waals surface area (Å²) in [5, 5.41) is 3.60. The van der Waals surface area contributed by atoms with Crippen LogP contribution in [0.2, 0.25) is 0 Å². The maximum absolute atomic E-state index is 5.64. The summed E-state index contributed by atoms with van der Waals surface area (Å²) in [5.74, 6) is 1.09. The van der Waals surface area contributed by atoms with E-state index in [2.05, 4.69) is 46.6 Å². The van der Waals surface area contributed by atoms with Gasteiger partial charge in [0.25, 0.3) is 0 Å². The number of furan rings is 1. The topological polar surface area (TPSA) is 28.4 Å². The van der Waals surface area contributed by atoms with Crippen LogP contribution in [0.3, 0.4) is 0 Å². The van der Waals surface area contributed by atoms with E-state index in [9.17, 15) is 0 Å². The molecule has 112 valence electrons. The Morgan fingerprint density at radius 1 is 1.05 bits per heavy atom. The highest BCUT2D eigenvalue weighted by molar-refractivity contribution is 5.15. The number of nitrogens with one attached hydrogen (secondary N) is 1. The van der Waals surface area contributed by atoms with Crippen molar-refractivity contribution in [3.63, 3.8) is 0 Å². The lowest BCUT2D eigenvalue weighted by atomic mass is 10.1. The second-order valence-electron chi connectivity index (χ2n) is 5.71. The predicted molar refractivity (Wildman–Crippen MR) is 85.3 cm³/mol. The molecule has 1 saturated heterocycles. The van der Waals surface area contributed by atoms with E-state index in [1.54, 1.807) is 6.26 Å². The maximum atomic E-state index is 5.64. The predicted octanol–water partition coefficient (Wildman–Crippen LogP) is 3.25. The Bertz CT molecular complexity index is 503. The molecule has 0 bridgehead atoms. The molecule has 3 rings (SSSR count). The standard InChI is InChI=1S/C18H24N2O/c1-2-7-16(8-3-1)10-11-19-15-17(18-9-6-14-21-18)20-12-4-5-13-20/h1-3,6-9,14,17,19H,4-5,10-13,15H2. The first-order valence-electron chi connectivity index (χ1n) is 7.95. The molecule has 0 amide bonds. The average molecular weight is 284 g/mol. The lowest BCUT2D eigenvalue weighted by Crippen LogP contribution is -2.34. The van der Waals surface area contributed by atoms with Crippen LogP contribution >= 0.6 is 0 Å². The average Bonchev–Trinajstić information content (AvgIpc) is 3.22. The van der Waals surface area contributed by atoms with Crippen molar-refractivity contribution in [2.24, 2.45) is 0 Å². The summed E-state index contributed by atoms with van der Waals surface area (Å²) in [6.45, 7) is 4.34. The van der Waals surface area contributed by atoms with Crippen LogP contribution in [0.15, 0.2) is 53.1 Å². The van der Waals surface area contributed by atoms with Gasteiger partial charge in [-0.05, 0) is 56.6 Å². The van der Waals surface area contributed by atoms with E-state index >= 15 is 0 Å². The monoisotopic (exact) mass is 284 g/mol. The zero-order valence-corrected chi connectivity index (χ0v) is 12.5. The van der Waals surface area contributed by atoms with Crippen LogP contribution in [0, 0.1) is 0 Å². The molecule has 1 fully saturated rings. The Balaban J connectivity index is 1.50. The van der Waals surface area contributed by atoms with Gasteiger partial charge in [0, 0.05) is 6.54 Å². The largest absolute Gasteiger partial charge is 0.468 e. The van der Waals surface area contributed by atoms with E-state index in [0.717, 1.165) is 25.3 Å². The molecule has 2 aromatic rings. The molecule has 1 N–H and O–H groups in total. The first-order chi connectivity index (χ1) is 10.4. The van der Waals surface area contributed by atoms with Crippen LogP contribution in [0.1, 0.15) is 30.2 Å². The van der Waals surface area contributed by atoms with Gasteiger partial charge in [-0.2, -0.15) is 0 Å². The van der Waals surface area contributed by atoms with Crippen molar-refractivity contribution >= 4 is 0 Å². The van der Waals surface area contributed by atoms with Crippen LogP contribution in [-0.4, -0.2) is 31.1 Å². The minimum absolute atomic E-state index is 0.373. The number of nitrogens with zero attached hydrogens (tertiary/aromatic N) is 1. The molecule has 3 heteroatoms. The SMILES string of the molecule is c1ccc(CCNCC(c2ccco2)N2CCCC2)cc1. The number of rotatable bonds is 7. The highest BCUT2D eigenvalue weighted by atomic mass is 16.3. The Morgan fingerprint density at radius 3 is 2.57 bits per heavy atom. The van der Waals surface area contributed by atoms with Crippen LogP contribution in [0.4, 0.5) is 0 Å². The van der Waals surface area contributed by atoms with Crippen molar-refractivity contribution in [2.75, 3.05) is 26.2 Å². The normalized spacial score (nSPS) is 17.1. The molecular weight excluding hydrogens is 260 g/mol. The quantitative estimate of drug-likeness (QED) is 0.791. The number of hydrogen-bond acceptors (Lipinski definition) is 3. The van der Waals surface area contributed by atoms with E-state index < -0.39 is 0 Å². The lowest BCUT2D eigenvalue weighted by Gasteiger charge is -2.26. The third-order valence-electron chi connectivity index (χ3n) is 4.22. The smallest absolute Gasteiger partial charge is 0.122 e. The zero-order valence-electron chi connectivity index (χ0n) is 12.5. The third kappa shape index (κ3) is 3.96. The Labute approximate surface area is 127 Å². The van der Waals surface area contributed by atoms with Crippen molar-refractivity contribution < 1.29 is 4.42 Å². The summed E-state index contributed by atoms with van der Waals surface area (Å²) in [6, 6.07) is 15.1. The Hall–Kier alpha value is -1.58. The Kier molecular flexibility index (Phi) is 5.08. The van der Waals surface area contributed by atoms with Crippen LogP contribution in [0.5, 0.6) is 0 Å². The van der Waals surface area contributed by atoms with Gasteiger partial charge in [0.1, 0.15) is 5.76 Å². The van der Waals surface area contributed by atoms with Gasteiger partial charge in [-0.25, -0.2) is 0 Å². The summed E-state index contributed by atoms with van der Waals surface area (Å²) in [4.78, 5) is 2.54. The highest BCUT2D eigenvalue weighted by Crippen LogP contribution is 2.24. The molecule has 3 nitrogen and oxygen atoms in total. The first kappa shape index (κ1) is 14.4. The fourth-order valence-electron chi connectivity index (χ4n) is 3.06. The fraction of sp³-hybridized carbons (Fsp3) is 0.444. The molecule has 0 radical (unpaired) electrons. The summed E-state index contributed by atoms with van der Waals surface area (Å²) in [5.41, 5.74) is 1.39. The van der Waals surface area contributed by atoms with Crippen LogP contribution in [-0.2, 0) is 6.42 Å². The molecular formula is C18H24N2O. The number of benzene rings is 1. The van der Waals surface area contributed by atoms with Crippen molar-refractivity contribution in [3.8, 4) is 0 Å². The molecule has 1 aliphatic heterocycles. The van der Waals surface area contributed by atoms with E-state index in [0.29, 0.717) is 6.04 Å². The minimum Gasteiger partial charge on any atom is -0.468 e. The van der Waals surface area contributed by atoms with Crippen molar-refractivity contribution in [1.82, 2.24) is 10.2 Å². The summed E-state index contributed by atoms with van der Waals surface area (Å²) in [6.07, 6.45) is 5.47. The minimum atomic E-state index is 0.373. The summed E-state index contributed by atoms with van der Waals surface area (Å²) in [7, 11) is 0. The zero-order chi connectivity index (χ0) is 14.3. The second kappa shape index (κ2) is 7.43. The first-order valence-corrected chi connectivity index (χ1v) is 7.95. The van der Waals surface area contributed by atoms with E-state index in [1.807, 2.05) is 6.07 Å². The molecule has 1 aliphatic rings. The molecule has 1 aromatic carbocycles. The molecule has 1 atom stereocenters. The maximum Gasteiger partial charge on any atom is 0.122 e. The summed E-state index contributed by atoms with van der Waals surface area (Å²) >= 11 is 0. The highest BCUT2D eigenvalue weighted by Gasteiger charge is 2.24. The molecule has 1 aromatic heterocycles. The molecule has 0 aliphatic carbocycles. The molecule has 2 heterocycles.